The molecule has 8 heteroatoms. The largest absolute Gasteiger partial charge is 0.459 e. The summed E-state index contributed by atoms with van der Waals surface area (Å²) in [5.74, 6) is -1.37. The van der Waals surface area contributed by atoms with Gasteiger partial charge in [0.15, 0.2) is 12.3 Å². The summed E-state index contributed by atoms with van der Waals surface area (Å²) in [6.45, 7) is -0.385. The van der Waals surface area contributed by atoms with Gasteiger partial charge in [0.2, 0.25) is 0 Å². The highest BCUT2D eigenvalue weighted by Crippen LogP contribution is 2.27. The van der Waals surface area contributed by atoms with E-state index in [-0.39, 0.29) is 12.2 Å². The smallest absolute Gasteiger partial charge is 0.338 e. The molecule has 0 amide bonds. The summed E-state index contributed by atoms with van der Waals surface area (Å²) < 4.78 is 30.5. The van der Waals surface area contributed by atoms with Gasteiger partial charge in [0, 0.05) is 0 Å². The molecule has 0 bridgehead atoms. The molecule has 1 aliphatic rings. The summed E-state index contributed by atoms with van der Waals surface area (Å²) in [6, 6.07) is 16.3. The lowest BCUT2D eigenvalue weighted by Crippen LogP contribution is -2.36. The number of hydrogen-bond donors (Lipinski definition) is 1. The summed E-state index contributed by atoms with van der Waals surface area (Å²) in [5, 5.41) is 11.6. The molecular weight excluding hydrogens is 369 g/mol. The van der Waals surface area contributed by atoms with Gasteiger partial charge in [-0.15, -0.1) is 0 Å². The second kappa shape index (κ2) is 9.09. The lowest BCUT2D eigenvalue weighted by molar-refractivity contribution is -0.00730. The number of nitrogens with zero attached hydrogens (tertiary/aromatic N) is 1. The fourth-order valence-electron chi connectivity index (χ4n) is 2.78. The molecule has 146 valence electrons. The van der Waals surface area contributed by atoms with Crippen molar-refractivity contribution >= 4 is 18.2 Å². The highest BCUT2D eigenvalue weighted by atomic mass is 19.1. The highest BCUT2D eigenvalue weighted by Gasteiger charge is 2.47. The maximum atomic E-state index is 14.8. The zero-order chi connectivity index (χ0) is 19.9. The summed E-state index contributed by atoms with van der Waals surface area (Å²) in [6.07, 6.45) is -4.49. The first-order valence-corrected chi connectivity index (χ1v) is 8.55. The van der Waals surface area contributed by atoms with Crippen molar-refractivity contribution in [2.24, 2.45) is 5.16 Å². The number of halogens is 1. The maximum absolute atomic E-state index is 14.8. The molecule has 0 spiro atoms. The van der Waals surface area contributed by atoms with Crippen LogP contribution >= 0.6 is 0 Å². The number of benzene rings is 2. The van der Waals surface area contributed by atoms with E-state index in [9.17, 15) is 14.0 Å². The number of carbonyl (C=O) groups excluding carboxylic acids is 2. The molecule has 4 atom stereocenters. The first-order chi connectivity index (χ1) is 13.6. The van der Waals surface area contributed by atoms with E-state index in [4.69, 9.17) is 19.4 Å². The SMILES string of the molecule is O=C(OC[C@H]1O[C@@H](/C=N/O)[C@H](OC(=O)c2ccccc2)[C@H]1F)c1ccccc1. The van der Waals surface area contributed by atoms with Crippen molar-refractivity contribution in [2.75, 3.05) is 6.61 Å². The van der Waals surface area contributed by atoms with Crippen molar-refractivity contribution in [1.82, 2.24) is 0 Å². The molecule has 1 N–H and O–H groups in total. The topological polar surface area (TPSA) is 94.4 Å². The van der Waals surface area contributed by atoms with Gasteiger partial charge in [-0.25, -0.2) is 14.0 Å². The van der Waals surface area contributed by atoms with Crippen LogP contribution in [-0.2, 0) is 14.2 Å². The molecule has 1 saturated heterocycles. The van der Waals surface area contributed by atoms with Crippen molar-refractivity contribution < 1.29 is 33.4 Å². The lowest BCUT2D eigenvalue weighted by Gasteiger charge is -2.17. The van der Waals surface area contributed by atoms with Crippen LogP contribution in [0, 0.1) is 0 Å². The molecule has 2 aromatic carbocycles. The Morgan fingerprint density at radius 3 is 2.18 bits per heavy atom. The maximum Gasteiger partial charge on any atom is 0.338 e. The minimum atomic E-state index is -1.78. The van der Waals surface area contributed by atoms with Gasteiger partial charge < -0.3 is 19.4 Å². The highest BCUT2D eigenvalue weighted by molar-refractivity contribution is 5.90. The number of carbonyl (C=O) groups is 2. The third-order valence-corrected chi connectivity index (χ3v) is 4.18. The predicted molar refractivity (Wildman–Crippen MR) is 96.2 cm³/mol. The minimum absolute atomic E-state index is 0.244. The molecule has 28 heavy (non-hydrogen) atoms. The Bertz CT molecular complexity index is 829. The zero-order valence-corrected chi connectivity index (χ0v) is 14.7. The summed E-state index contributed by atoms with van der Waals surface area (Å²) in [7, 11) is 0. The van der Waals surface area contributed by atoms with E-state index in [0.717, 1.165) is 6.21 Å². The monoisotopic (exact) mass is 387 g/mol. The molecule has 1 aliphatic heterocycles. The van der Waals surface area contributed by atoms with Crippen molar-refractivity contribution in [3.63, 3.8) is 0 Å². The lowest BCUT2D eigenvalue weighted by atomic mass is 10.1. The minimum Gasteiger partial charge on any atom is -0.459 e. The van der Waals surface area contributed by atoms with Gasteiger partial charge in [-0.2, -0.15) is 0 Å². The Labute approximate surface area is 160 Å². The van der Waals surface area contributed by atoms with Crippen LogP contribution in [0.4, 0.5) is 4.39 Å². The quantitative estimate of drug-likeness (QED) is 0.354. The summed E-state index contributed by atoms with van der Waals surface area (Å²) in [4.78, 5) is 24.2. The van der Waals surface area contributed by atoms with Crippen LogP contribution in [0.3, 0.4) is 0 Å². The second-order valence-electron chi connectivity index (χ2n) is 6.05. The van der Waals surface area contributed by atoms with E-state index in [0.29, 0.717) is 5.56 Å². The van der Waals surface area contributed by atoms with E-state index in [1.165, 1.54) is 12.1 Å². The van der Waals surface area contributed by atoms with E-state index >= 15 is 0 Å². The number of esters is 2. The standard InChI is InChI=1S/C20H18FNO6/c21-17-16(12-26-19(23)13-7-3-1-4-8-13)27-15(11-22-25)18(17)28-20(24)14-9-5-2-6-10-14/h1-11,15-18,25H,12H2/b22-11+/t15-,16+,17-,18-/m0/s1. The Balaban J connectivity index is 1.64. The third-order valence-electron chi connectivity index (χ3n) is 4.18. The van der Waals surface area contributed by atoms with Gasteiger partial charge in [0.25, 0.3) is 0 Å². The van der Waals surface area contributed by atoms with Crippen LogP contribution in [0.15, 0.2) is 65.8 Å². The molecule has 0 aromatic heterocycles. The van der Waals surface area contributed by atoms with Crippen LogP contribution in [0.1, 0.15) is 20.7 Å². The van der Waals surface area contributed by atoms with E-state index < -0.39 is 36.4 Å². The third kappa shape index (κ3) is 4.52. The van der Waals surface area contributed by atoms with E-state index in [2.05, 4.69) is 5.16 Å². The van der Waals surface area contributed by atoms with Gasteiger partial charge in [-0.05, 0) is 24.3 Å². The van der Waals surface area contributed by atoms with Gasteiger partial charge in [-0.1, -0.05) is 41.6 Å². The van der Waals surface area contributed by atoms with Crippen molar-refractivity contribution in [3.05, 3.63) is 71.8 Å². The van der Waals surface area contributed by atoms with Crippen LogP contribution in [-0.4, -0.2) is 54.5 Å². The van der Waals surface area contributed by atoms with Crippen molar-refractivity contribution in [1.29, 1.82) is 0 Å². The fourth-order valence-corrected chi connectivity index (χ4v) is 2.78. The Kier molecular flexibility index (Phi) is 6.33. The first kappa shape index (κ1) is 19.5. The Morgan fingerprint density at radius 1 is 1.04 bits per heavy atom. The van der Waals surface area contributed by atoms with E-state index in [1.54, 1.807) is 48.5 Å². The van der Waals surface area contributed by atoms with Crippen molar-refractivity contribution in [3.8, 4) is 0 Å². The predicted octanol–water partition coefficient (Wildman–Crippen LogP) is 2.63. The average Bonchev–Trinajstić information content (AvgIpc) is 3.02. The van der Waals surface area contributed by atoms with Crippen molar-refractivity contribution in [2.45, 2.75) is 24.5 Å². The van der Waals surface area contributed by atoms with Gasteiger partial charge >= 0.3 is 11.9 Å². The number of alkyl halides is 1. The summed E-state index contributed by atoms with van der Waals surface area (Å²) in [5.41, 5.74) is 0.560. The number of ether oxygens (including phenoxy) is 3. The fraction of sp³-hybridized carbons (Fsp3) is 0.250. The molecule has 2 aromatic rings. The average molecular weight is 387 g/mol. The molecule has 0 aliphatic carbocycles. The molecule has 1 fully saturated rings. The first-order valence-electron chi connectivity index (χ1n) is 8.55. The van der Waals surface area contributed by atoms with Crippen LogP contribution < -0.4 is 0 Å². The Morgan fingerprint density at radius 2 is 1.61 bits per heavy atom. The molecule has 0 saturated carbocycles. The normalized spacial score (nSPS) is 24.2. The number of oxime groups is 1. The van der Waals surface area contributed by atoms with Crippen LogP contribution in [0.25, 0.3) is 0 Å². The molecule has 1 heterocycles. The number of hydrogen-bond acceptors (Lipinski definition) is 7. The van der Waals surface area contributed by atoms with Gasteiger partial charge in [-0.3, -0.25) is 0 Å². The molecular formula is C20H18FNO6. The van der Waals surface area contributed by atoms with Crippen LogP contribution in [0.5, 0.6) is 0 Å². The number of rotatable bonds is 6. The molecule has 3 rings (SSSR count). The van der Waals surface area contributed by atoms with E-state index in [1.807, 2.05) is 0 Å². The van der Waals surface area contributed by atoms with Gasteiger partial charge in [0.1, 0.15) is 18.8 Å². The zero-order valence-electron chi connectivity index (χ0n) is 14.7. The second-order valence-corrected chi connectivity index (χ2v) is 6.05. The molecule has 0 radical (unpaired) electrons. The van der Waals surface area contributed by atoms with Crippen LogP contribution in [0.2, 0.25) is 0 Å². The Hall–Kier alpha value is -3.26. The molecule has 0 unspecified atom stereocenters. The summed E-state index contributed by atoms with van der Waals surface area (Å²) >= 11 is 0. The van der Waals surface area contributed by atoms with Gasteiger partial charge in [0.05, 0.1) is 17.3 Å². The molecule has 7 nitrogen and oxygen atoms in total.